The molecule has 1 radical (unpaired) electrons. The summed E-state index contributed by atoms with van der Waals surface area (Å²) < 4.78 is 0. The Morgan fingerprint density at radius 1 is 1.46 bits per heavy atom. The smallest absolute Gasteiger partial charge is 0.253 e. The van der Waals surface area contributed by atoms with Gasteiger partial charge in [0.1, 0.15) is 0 Å². The second kappa shape index (κ2) is 4.62. The van der Waals surface area contributed by atoms with Crippen molar-refractivity contribution in [2.24, 2.45) is 5.73 Å². The summed E-state index contributed by atoms with van der Waals surface area (Å²) in [5.41, 5.74) is 5.91. The molecule has 1 aromatic rings. The number of hydrogen-bond acceptors (Lipinski definition) is 2. The fraction of sp³-hybridized carbons (Fsp3) is 0.200. The Kier molecular flexibility index (Phi) is 3.46. The third kappa shape index (κ3) is 2.56. The highest BCUT2D eigenvalue weighted by Gasteiger charge is 2.08. The third-order valence-corrected chi connectivity index (χ3v) is 1.75. The average Bonchev–Trinajstić information content (AvgIpc) is 2.18. The van der Waals surface area contributed by atoms with Crippen LogP contribution in [0.25, 0.3) is 0 Å². The van der Waals surface area contributed by atoms with Gasteiger partial charge in [-0.05, 0) is 12.1 Å². The van der Waals surface area contributed by atoms with Crippen LogP contribution in [-0.4, -0.2) is 24.4 Å². The van der Waals surface area contributed by atoms with Crippen LogP contribution < -0.4 is 5.73 Å². The van der Waals surface area contributed by atoms with Gasteiger partial charge < -0.3 is 10.6 Å². The lowest BCUT2D eigenvalue weighted by atomic mass is 10.2. The van der Waals surface area contributed by atoms with Crippen molar-refractivity contribution in [1.29, 1.82) is 0 Å². The summed E-state index contributed by atoms with van der Waals surface area (Å²) in [5, 5.41) is 0. The van der Waals surface area contributed by atoms with E-state index in [1.807, 2.05) is 18.2 Å². The van der Waals surface area contributed by atoms with Crippen molar-refractivity contribution in [2.75, 3.05) is 13.6 Å². The van der Waals surface area contributed by atoms with Gasteiger partial charge in [0.2, 0.25) is 0 Å². The summed E-state index contributed by atoms with van der Waals surface area (Å²) in [7, 11) is 1.72. The quantitative estimate of drug-likeness (QED) is 0.745. The van der Waals surface area contributed by atoms with Crippen molar-refractivity contribution in [1.82, 2.24) is 4.90 Å². The molecule has 0 bridgehead atoms. The number of hydrogen-bond donors (Lipinski definition) is 1. The molecule has 0 aliphatic heterocycles. The number of nitrogens with two attached hydrogens (primary N) is 1. The van der Waals surface area contributed by atoms with Gasteiger partial charge in [-0.1, -0.05) is 18.2 Å². The first-order valence-corrected chi connectivity index (χ1v) is 4.09. The van der Waals surface area contributed by atoms with E-state index >= 15 is 0 Å². The molecule has 1 aromatic carbocycles. The molecule has 0 aromatic heterocycles. The molecule has 3 nitrogen and oxygen atoms in total. The van der Waals surface area contributed by atoms with Crippen LogP contribution in [-0.2, 0) is 0 Å². The molecule has 0 saturated carbocycles. The first kappa shape index (κ1) is 9.74. The van der Waals surface area contributed by atoms with Gasteiger partial charge in [0.15, 0.2) is 0 Å². The minimum atomic E-state index is -0.0118. The molecule has 0 fully saturated rings. The molecular formula is C10H13N2O. The molecule has 0 aliphatic rings. The zero-order chi connectivity index (χ0) is 9.68. The van der Waals surface area contributed by atoms with Crippen LogP contribution in [0.4, 0.5) is 0 Å². The standard InChI is InChI=1S/C10H13N2O/c1-12(8-7-11)10(13)9-5-3-2-4-6-9/h2-7H,8,11H2,1H3. The molecule has 2 N–H and O–H groups in total. The lowest BCUT2D eigenvalue weighted by Crippen LogP contribution is -2.29. The van der Waals surface area contributed by atoms with Gasteiger partial charge >= 0.3 is 0 Å². The SMILES string of the molecule is CN(C[CH]N)C(=O)c1ccccc1. The van der Waals surface area contributed by atoms with Crippen LogP contribution in [0.5, 0.6) is 0 Å². The van der Waals surface area contributed by atoms with E-state index in [9.17, 15) is 4.79 Å². The highest BCUT2D eigenvalue weighted by Crippen LogP contribution is 2.02. The summed E-state index contributed by atoms with van der Waals surface area (Å²) >= 11 is 0. The zero-order valence-corrected chi connectivity index (χ0v) is 7.60. The van der Waals surface area contributed by atoms with E-state index < -0.39 is 0 Å². The van der Waals surface area contributed by atoms with Crippen molar-refractivity contribution < 1.29 is 4.79 Å². The van der Waals surface area contributed by atoms with Gasteiger partial charge in [-0.15, -0.1) is 0 Å². The molecule has 0 unspecified atom stereocenters. The third-order valence-electron chi connectivity index (χ3n) is 1.75. The second-order valence-corrected chi connectivity index (χ2v) is 2.79. The lowest BCUT2D eigenvalue weighted by Gasteiger charge is -2.15. The van der Waals surface area contributed by atoms with E-state index in [0.717, 1.165) is 0 Å². The van der Waals surface area contributed by atoms with E-state index in [2.05, 4.69) is 0 Å². The second-order valence-electron chi connectivity index (χ2n) is 2.79. The summed E-state index contributed by atoms with van der Waals surface area (Å²) in [6, 6.07) is 9.14. The Hall–Kier alpha value is -1.35. The van der Waals surface area contributed by atoms with E-state index in [0.29, 0.717) is 12.1 Å². The van der Waals surface area contributed by atoms with Gasteiger partial charge in [-0.25, -0.2) is 0 Å². The van der Waals surface area contributed by atoms with Gasteiger partial charge in [0, 0.05) is 25.7 Å². The van der Waals surface area contributed by atoms with Crippen LogP contribution >= 0.6 is 0 Å². The normalized spacial score (nSPS) is 9.69. The van der Waals surface area contributed by atoms with Crippen LogP contribution in [0.3, 0.4) is 0 Å². The lowest BCUT2D eigenvalue weighted by molar-refractivity contribution is 0.0805. The maximum absolute atomic E-state index is 11.6. The Bertz CT molecular complexity index is 272. The maximum Gasteiger partial charge on any atom is 0.253 e. The van der Waals surface area contributed by atoms with Crippen molar-refractivity contribution >= 4 is 5.91 Å². The van der Waals surface area contributed by atoms with Crippen molar-refractivity contribution in [3.05, 3.63) is 42.4 Å². The number of amides is 1. The first-order valence-electron chi connectivity index (χ1n) is 4.09. The van der Waals surface area contributed by atoms with Gasteiger partial charge in [-0.3, -0.25) is 4.79 Å². The summed E-state index contributed by atoms with van der Waals surface area (Å²) in [6.07, 6.45) is 0. The molecule has 0 saturated heterocycles. The van der Waals surface area contributed by atoms with Crippen molar-refractivity contribution in [3.63, 3.8) is 0 Å². The fourth-order valence-corrected chi connectivity index (χ4v) is 1.04. The molecular weight excluding hydrogens is 164 g/mol. The molecule has 0 spiro atoms. The highest BCUT2D eigenvalue weighted by atomic mass is 16.2. The predicted molar refractivity (Wildman–Crippen MR) is 51.9 cm³/mol. The van der Waals surface area contributed by atoms with E-state index in [1.165, 1.54) is 6.54 Å². The predicted octanol–water partition coefficient (Wildman–Crippen LogP) is 0.879. The van der Waals surface area contributed by atoms with E-state index in [4.69, 9.17) is 5.73 Å². The summed E-state index contributed by atoms with van der Waals surface area (Å²) in [5.74, 6) is -0.0118. The topological polar surface area (TPSA) is 46.3 Å². The molecule has 1 amide bonds. The average molecular weight is 177 g/mol. The number of rotatable bonds is 3. The Morgan fingerprint density at radius 3 is 2.62 bits per heavy atom. The van der Waals surface area contributed by atoms with Crippen LogP contribution in [0.15, 0.2) is 30.3 Å². The molecule has 1 rings (SSSR count). The van der Waals surface area contributed by atoms with E-state index in [1.54, 1.807) is 24.1 Å². The number of carbonyl (C=O) groups is 1. The minimum Gasteiger partial charge on any atom is -0.340 e. The monoisotopic (exact) mass is 177 g/mol. The van der Waals surface area contributed by atoms with Crippen LogP contribution in [0, 0.1) is 6.54 Å². The van der Waals surface area contributed by atoms with Crippen LogP contribution in [0.1, 0.15) is 10.4 Å². The van der Waals surface area contributed by atoms with Crippen LogP contribution in [0.2, 0.25) is 0 Å². The van der Waals surface area contributed by atoms with Gasteiger partial charge in [0.05, 0.1) is 0 Å². The summed E-state index contributed by atoms with van der Waals surface area (Å²) in [6.45, 7) is 1.93. The number of likely N-dealkylation sites (N-methyl/N-ethyl adjacent to an activating group) is 1. The molecule has 13 heavy (non-hydrogen) atoms. The van der Waals surface area contributed by atoms with Crippen molar-refractivity contribution in [3.8, 4) is 0 Å². The van der Waals surface area contributed by atoms with E-state index in [-0.39, 0.29) is 5.91 Å². The largest absolute Gasteiger partial charge is 0.340 e. The zero-order valence-electron chi connectivity index (χ0n) is 7.60. The molecule has 0 aliphatic carbocycles. The Morgan fingerprint density at radius 2 is 2.08 bits per heavy atom. The first-order chi connectivity index (χ1) is 6.25. The summed E-state index contributed by atoms with van der Waals surface area (Å²) in [4.78, 5) is 13.1. The molecule has 0 atom stereocenters. The fourth-order valence-electron chi connectivity index (χ4n) is 1.04. The van der Waals surface area contributed by atoms with Gasteiger partial charge in [-0.2, -0.15) is 0 Å². The molecule has 3 heteroatoms. The highest BCUT2D eigenvalue weighted by molar-refractivity contribution is 5.94. The number of nitrogens with zero attached hydrogens (tertiary/aromatic N) is 1. The maximum atomic E-state index is 11.6. The Balaban J connectivity index is 2.68. The van der Waals surface area contributed by atoms with Gasteiger partial charge in [0.25, 0.3) is 5.91 Å². The molecule has 69 valence electrons. The Labute approximate surface area is 78.2 Å². The van der Waals surface area contributed by atoms with Crippen molar-refractivity contribution in [2.45, 2.75) is 0 Å². The molecule has 0 heterocycles. The minimum absolute atomic E-state index is 0.0118. The number of carbonyl (C=O) groups excluding carboxylic acids is 1. The number of benzene rings is 1.